The standard InChI is InChI=1S/C15H17N5/c1-12-4-8-14(9-5-12)16-18-20(3)19-17-15-10-6-13(2)7-11-15/h4-11H,1-3H3/b18-16+,19-17+. The van der Waals surface area contributed by atoms with Crippen LogP contribution in [0, 0.1) is 13.8 Å². The molecule has 0 aliphatic rings. The Balaban J connectivity index is 1.96. The first kappa shape index (κ1) is 13.9. The molecule has 0 spiro atoms. The third kappa shape index (κ3) is 4.28. The van der Waals surface area contributed by atoms with Crippen molar-refractivity contribution in [1.82, 2.24) is 5.12 Å². The topological polar surface area (TPSA) is 52.7 Å². The second kappa shape index (κ2) is 6.56. The lowest BCUT2D eigenvalue weighted by atomic mass is 10.2. The van der Waals surface area contributed by atoms with Crippen LogP contribution >= 0.6 is 0 Å². The fraction of sp³-hybridized carbons (Fsp3) is 0.200. The van der Waals surface area contributed by atoms with Gasteiger partial charge in [-0.05, 0) is 48.6 Å². The number of nitrogens with zero attached hydrogens (tertiary/aromatic N) is 5. The summed E-state index contributed by atoms with van der Waals surface area (Å²) in [7, 11) is 1.69. The van der Waals surface area contributed by atoms with Crippen LogP contribution in [0.1, 0.15) is 11.1 Å². The summed E-state index contributed by atoms with van der Waals surface area (Å²) in [5.41, 5.74) is 3.95. The molecule has 2 aromatic rings. The smallest absolute Gasteiger partial charge is 0.0875 e. The Morgan fingerprint density at radius 2 is 1.00 bits per heavy atom. The average molecular weight is 267 g/mol. The molecule has 0 aliphatic heterocycles. The second-order valence-corrected chi connectivity index (χ2v) is 4.54. The van der Waals surface area contributed by atoms with E-state index >= 15 is 0 Å². The van der Waals surface area contributed by atoms with Crippen LogP contribution in [0.4, 0.5) is 11.4 Å². The lowest BCUT2D eigenvalue weighted by Gasteiger charge is -2.01. The van der Waals surface area contributed by atoms with Gasteiger partial charge in [-0.3, -0.25) is 0 Å². The van der Waals surface area contributed by atoms with Gasteiger partial charge in [-0.25, -0.2) is 0 Å². The minimum Gasteiger partial charge on any atom is -0.150 e. The number of hydrogen-bond acceptors (Lipinski definition) is 4. The summed E-state index contributed by atoms with van der Waals surface area (Å²) in [5.74, 6) is 0. The van der Waals surface area contributed by atoms with Crippen LogP contribution in [0.5, 0.6) is 0 Å². The van der Waals surface area contributed by atoms with E-state index in [2.05, 4.69) is 20.7 Å². The Labute approximate surface area is 118 Å². The Kier molecular flexibility index (Phi) is 4.55. The zero-order valence-electron chi connectivity index (χ0n) is 11.9. The van der Waals surface area contributed by atoms with Crippen molar-refractivity contribution in [2.45, 2.75) is 13.8 Å². The minimum absolute atomic E-state index is 0.785. The van der Waals surface area contributed by atoms with Crippen LogP contribution in [0.25, 0.3) is 0 Å². The van der Waals surface area contributed by atoms with Crippen LogP contribution in [0.3, 0.4) is 0 Å². The van der Waals surface area contributed by atoms with Crippen LogP contribution in [0.2, 0.25) is 0 Å². The van der Waals surface area contributed by atoms with Gasteiger partial charge in [-0.2, -0.15) is 5.12 Å². The van der Waals surface area contributed by atoms with Gasteiger partial charge in [0.05, 0.1) is 18.4 Å². The van der Waals surface area contributed by atoms with E-state index in [1.807, 2.05) is 62.4 Å². The highest BCUT2D eigenvalue weighted by Gasteiger charge is 1.92. The van der Waals surface area contributed by atoms with Crippen LogP contribution < -0.4 is 0 Å². The van der Waals surface area contributed by atoms with Gasteiger partial charge in [0.1, 0.15) is 0 Å². The molecule has 0 aromatic heterocycles. The summed E-state index contributed by atoms with van der Waals surface area (Å²) in [4.78, 5) is 0. The first-order valence-electron chi connectivity index (χ1n) is 6.34. The number of rotatable bonds is 4. The van der Waals surface area contributed by atoms with Crippen molar-refractivity contribution < 1.29 is 0 Å². The van der Waals surface area contributed by atoms with E-state index < -0.39 is 0 Å². The molecule has 0 fully saturated rings. The highest BCUT2D eigenvalue weighted by atomic mass is 15.7. The number of hydrogen-bond donors (Lipinski definition) is 0. The van der Waals surface area contributed by atoms with Crippen LogP contribution in [0.15, 0.2) is 69.2 Å². The lowest BCUT2D eigenvalue weighted by Crippen LogP contribution is -1.97. The van der Waals surface area contributed by atoms with E-state index in [0.29, 0.717) is 0 Å². The SMILES string of the molecule is Cc1ccc(/N=N/N(C)/N=N/c2ccc(C)cc2)cc1. The predicted molar refractivity (Wildman–Crippen MR) is 79.2 cm³/mol. The largest absolute Gasteiger partial charge is 0.150 e. The van der Waals surface area contributed by atoms with Crippen molar-refractivity contribution in [3.05, 3.63) is 59.7 Å². The van der Waals surface area contributed by atoms with Gasteiger partial charge in [0.2, 0.25) is 0 Å². The van der Waals surface area contributed by atoms with Crippen molar-refractivity contribution in [1.29, 1.82) is 0 Å². The molecule has 0 heterocycles. The van der Waals surface area contributed by atoms with Gasteiger partial charge in [0.15, 0.2) is 0 Å². The van der Waals surface area contributed by atoms with Gasteiger partial charge in [0, 0.05) is 0 Å². The fourth-order valence-corrected chi connectivity index (χ4v) is 1.47. The molecule has 0 N–H and O–H groups in total. The normalized spacial score (nSPS) is 11.3. The zero-order valence-corrected chi connectivity index (χ0v) is 11.9. The summed E-state index contributed by atoms with van der Waals surface area (Å²) < 4.78 is 0. The monoisotopic (exact) mass is 267 g/mol. The Bertz CT molecular complexity index is 544. The molecule has 102 valence electrons. The van der Waals surface area contributed by atoms with Gasteiger partial charge < -0.3 is 0 Å². The fourth-order valence-electron chi connectivity index (χ4n) is 1.47. The molecule has 5 heteroatoms. The van der Waals surface area contributed by atoms with E-state index in [4.69, 9.17) is 0 Å². The molecule has 0 bridgehead atoms. The average Bonchev–Trinajstić information content (AvgIpc) is 2.46. The van der Waals surface area contributed by atoms with Crippen molar-refractivity contribution in [3.63, 3.8) is 0 Å². The van der Waals surface area contributed by atoms with E-state index in [0.717, 1.165) is 11.4 Å². The summed E-state index contributed by atoms with van der Waals surface area (Å²) in [6, 6.07) is 15.6. The third-order valence-corrected chi connectivity index (χ3v) is 2.65. The molecule has 0 saturated heterocycles. The van der Waals surface area contributed by atoms with E-state index in [1.165, 1.54) is 16.2 Å². The predicted octanol–water partition coefficient (Wildman–Crippen LogP) is 4.93. The molecule has 0 unspecified atom stereocenters. The van der Waals surface area contributed by atoms with Gasteiger partial charge in [-0.1, -0.05) is 35.4 Å². The van der Waals surface area contributed by atoms with Gasteiger partial charge in [0.25, 0.3) is 0 Å². The maximum Gasteiger partial charge on any atom is 0.0875 e. The van der Waals surface area contributed by atoms with Crippen LogP contribution in [-0.2, 0) is 0 Å². The third-order valence-electron chi connectivity index (χ3n) is 2.65. The highest BCUT2D eigenvalue weighted by molar-refractivity contribution is 5.38. The van der Waals surface area contributed by atoms with Crippen LogP contribution in [-0.4, -0.2) is 12.2 Å². The van der Waals surface area contributed by atoms with E-state index in [9.17, 15) is 0 Å². The second-order valence-electron chi connectivity index (χ2n) is 4.54. The quantitative estimate of drug-likeness (QED) is 0.572. The molecule has 0 aliphatic carbocycles. The van der Waals surface area contributed by atoms with E-state index in [1.54, 1.807) is 7.05 Å². The molecule has 0 amide bonds. The Hall–Kier alpha value is -2.56. The number of benzene rings is 2. The van der Waals surface area contributed by atoms with Crippen molar-refractivity contribution in [3.8, 4) is 0 Å². The maximum atomic E-state index is 4.07. The molecular formula is C15H17N5. The molecule has 20 heavy (non-hydrogen) atoms. The first-order chi connectivity index (χ1) is 9.63. The van der Waals surface area contributed by atoms with Crippen molar-refractivity contribution in [2.24, 2.45) is 20.7 Å². The molecule has 5 nitrogen and oxygen atoms in total. The molecule has 2 rings (SSSR count). The molecular weight excluding hydrogens is 250 g/mol. The molecule has 2 aromatic carbocycles. The Morgan fingerprint density at radius 3 is 1.35 bits per heavy atom. The maximum absolute atomic E-state index is 4.07. The summed E-state index contributed by atoms with van der Waals surface area (Å²) in [6.07, 6.45) is 0. The molecule has 0 saturated carbocycles. The summed E-state index contributed by atoms with van der Waals surface area (Å²) >= 11 is 0. The number of aryl methyl sites for hydroxylation is 2. The molecule has 0 radical (unpaired) electrons. The van der Waals surface area contributed by atoms with Crippen molar-refractivity contribution >= 4 is 11.4 Å². The molecule has 0 atom stereocenters. The summed E-state index contributed by atoms with van der Waals surface area (Å²) in [6.45, 7) is 4.06. The Morgan fingerprint density at radius 1 is 0.650 bits per heavy atom. The first-order valence-corrected chi connectivity index (χ1v) is 6.34. The lowest BCUT2D eigenvalue weighted by molar-refractivity contribution is 0.329. The minimum atomic E-state index is 0.785. The van der Waals surface area contributed by atoms with Gasteiger partial charge in [-0.15, -0.1) is 10.2 Å². The van der Waals surface area contributed by atoms with Gasteiger partial charge >= 0.3 is 0 Å². The van der Waals surface area contributed by atoms with Crippen molar-refractivity contribution in [2.75, 3.05) is 7.05 Å². The summed E-state index contributed by atoms with van der Waals surface area (Å²) in [5, 5.41) is 17.4. The zero-order chi connectivity index (χ0) is 14.4. The van der Waals surface area contributed by atoms with E-state index in [-0.39, 0.29) is 0 Å². The highest BCUT2D eigenvalue weighted by Crippen LogP contribution is 2.15.